The molecular formula is C10H8ClN3O. The summed E-state index contributed by atoms with van der Waals surface area (Å²) < 4.78 is 1.57. The van der Waals surface area contributed by atoms with Crippen LogP contribution in [0, 0.1) is 0 Å². The van der Waals surface area contributed by atoms with Gasteiger partial charge in [-0.15, -0.1) is 5.10 Å². The van der Waals surface area contributed by atoms with Gasteiger partial charge in [0.05, 0.1) is 12.7 Å². The summed E-state index contributed by atoms with van der Waals surface area (Å²) in [6.07, 6.45) is 2.24. The van der Waals surface area contributed by atoms with Crippen LogP contribution in [0.2, 0.25) is 5.02 Å². The van der Waals surface area contributed by atoms with Gasteiger partial charge in [-0.1, -0.05) is 35.0 Å². The number of rotatable bonds is 3. The Hall–Kier alpha value is -1.68. The van der Waals surface area contributed by atoms with Gasteiger partial charge in [-0.05, 0) is 11.6 Å². The van der Waals surface area contributed by atoms with Gasteiger partial charge in [0.15, 0.2) is 6.29 Å². The molecule has 0 aliphatic heterocycles. The molecule has 2 aromatic rings. The number of aldehydes is 1. The third kappa shape index (κ3) is 2.22. The molecule has 0 radical (unpaired) electrons. The van der Waals surface area contributed by atoms with E-state index < -0.39 is 0 Å². The summed E-state index contributed by atoms with van der Waals surface area (Å²) in [6, 6.07) is 7.49. The summed E-state index contributed by atoms with van der Waals surface area (Å²) in [6.45, 7) is 0.514. The molecule has 0 atom stereocenters. The Bertz CT molecular complexity index is 481. The molecule has 0 bridgehead atoms. The Kier molecular flexibility index (Phi) is 2.78. The maximum Gasteiger partial charge on any atom is 0.171 e. The van der Waals surface area contributed by atoms with E-state index in [-0.39, 0.29) is 0 Å². The molecular weight excluding hydrogens is 214 g/mol. The van der Waals surface area contributed by atoms with Crippen LogP contribution in [-0.4, -0.2) is 21.3 Å². The fourth-order valence-electron chi connectivity index (χ4n) is 1.25. The number of carbonyl (C=O) groups is 1. The van der Waals surface area contributed by atoms with E-state index in [9.17, 15) is 4.79 Å². The lowest BCUT2D eigenvalue weighted by molar-refractivity contribution is 0.111. The molecule has 0 spiro atoms. The van der Waals surface area contributed by atoms with Crippen LogP contribution >= 0.6 is 11.6 Å². The van der Waals surface area contributed by atoms with Crippen molar-refractivity contribution in [3.05, 3.63) is 46.7 Å². The normalized spacial score (nSPS) is 10.2. The quantitative estimate of drug-likeness (QED) is 0.743. The summed E-state index contributed by atoms with van der Waals surface area (Å²) in [5, 5.41) is 8.14. The molecule has 76 valence electrons. The minimum absolute atomic E-state index is 0.321. The number of carbonyl (C=O) groups excluding carboxylic acids is 1. The van der Waals surface area contributed by atoms with Gasteiger partial charge in [0.2, 0.25) is 0 Å². The van der Waals surface area contributed by atoms with Gasteiger partial charge in [0.1, 0.15) is 5.69 Å². The lowest BCUT2D eigenvalue weighted by Crippen LogP contribution is -2.00. The third-order valence-electron chi connectivity index (χ3n) is 1.97. The molecule has 0 saturated heterocycles. The maximum absolute atomic E-state index is 10.4. The molecule has 0 aliphatic carbocycles. The van der Waals surface area contributed by atoms with Crippen LogP contribution in [0.5, 0.6) is 0 Å². The SMILES string of the molecule is O=Cc1cn(Cc2ccccc2Cl)nn1. The fraction of sp³-hybridized carbons (Fsp3) is 0.100. The molecule has 4 nitrogen and oxygen atoms in total. The Morgan fingerprint density at radius 1 is 1.40 bits per heavy atom. The first-order valence-electron chi connectivity index (χ1n) is 4.38. The minimum atomic E-state index is 0.321. The van der Waals surface area contributed by atoms with E-state index in [0.717, 1.165) is 5.56 Å². The van der Waals surface area contributed by atoms with Gasteiger partial charge in [0, 0.05) is 5.02 Å². The van der Waals surface area contributed by atoms with Crippen LogP contribution in [0.25, 0.3) is 0 Å². The largest absolute Gasteiger partial charge is 0.296 e. The minimum Gasteiger partial charge on any atom is -0.296 e. The molecule has 1 aromatic heterocycles. The van der Waals surface area contributed by atoms with Gasteiger partial charge in [-0.25, -0.2) is 4.68 Å². The van der Waals surface area contributed by atoms with E-state index in [2.05, 4.69) is 10.3 Å². The lowest BCUT2D eigenvalue weighted by Gasteiger charge is -2.02. The topological polar surface area (TPSA) is 47.8 Å². The third-order valence-corrected chi connectivity index (χ3v) is 2.34. The van der Waals surface area contributed by atoms with E-state index >= 15 is 0 Å². The number of hydrogen-bond acceptors (Lipinski definition) is 3. The highest BCUT2D eigenvalue weighted by atomic mass is 35.5. The van der Waals surface area contributed by atoms with E-state index in [1.807, 2.05) is 24.3 Å². The first-order valence-corrected chi connectivity index (χ1v) is 4.76. The van der Waals surface area contributed by atoms with Crippen molar-refractivity contribution in [1.29, 1.82) is 0 Å². The predicted octanol–water partition coefficient (Wildman–Crippen LogP) is 1.79. The molecule has 0 saturated carbocycles. The summed E-state index contributed by atoms with van der Waals surface area (Å²) in [4.78, 5) is 10.4. The van der Waals surface area contributed by atoms with Crippen molar-refractivity contribution >= 4 is 17.9 Å². The summed E-state index contributed by atoms with van der Waals surface area (Å²) in [5.41, 5.74) is 1.27. The number of nitrogens with zero attached hydrogens (tertiary/aromatic N) is 3. The molecule has 0 unspecified atom stereocenters. The van der Waals surface area contributed by atoms with Crippen molar-refractivity contribution < 1.29 is 4.79 Å². The lowest BCUT2D eigenvalue weighted by atomic mass is 10.2. The van der Waals surface area contributed by atoms with Gasteiger partial charge < -0.3 is 0 Å². The van der Waals surface area contributed by atoms with Gasteiger partial charge in [0.25, 0.3) is 0 Å². The van der Waals surface area contributed by atoms with Crippen LogP contribution < -0.4 is 0 Å². The van der Waals surface area contributed by atoms with Gasteiger partial charge >= 0.3 is 0 Å². The standard InChI is InChI=1S/C10H8ClN3O/c11-10-4-2-1-3-8(10)5-14-6-9(7-15)12-13-14/h1-4,6-7H,5H2. The van der Waals surface area contributed by atoms with Crippen molar-refractivity contribution in [2.45, 2.75) is 6.54 Å². The highest BCUT2D eigenvalue weighted by Gasteiger charge is 2.02. The Labute approximate surface area is 91.5 Å². The summed E-state index contributed by atoms with van der Waals surface area (Å²) >= 11 is 5.98. The molecule has 0 amide bonds. The number of halogens is 1. The molecule has 1 aromatic carbocycles. The van der Waals surface area contributed by atoms with Crippen LogP contribution in [0.1, 0.15) is 16.1 Å². The van der Waals surface area contributed by atoms with Crippen molar-refractivity contribution in [2.24, 2.45) is 0 Å². The number of benzene rings is 1. The van der Waals surface area contributed by atoms with Gasteiger partial charge in [-0.3, -0.25) is 4.79 Å². The summed E-state index contributed by atoms with van der Waals surface area (Å²) in [7, 11) is 0. The summed E-state index contributed by atoms with van der Waals surface area (Å²) in [5.74, 6) is 0. The van der Waals surface area contributed by atoms with E-state index in [0.29, 0.717) is 23.5 Å². The van der Waals surface area contributed by atoms with Crippen LogP contribution in [0.3, 0.4) is 0 Å². The van der Waals surface area contributed by atoms with E-state index in [1.54, 1.807) is 10.9 Å². The zero-order valence-corrected chi connectivity index (χ0v) is 8.55. The predicted molar refractivity (Wildman–Crippen MR) is 56.0 cm³/mol. The zero-order chi connectivity index (χ0) is 10.7. The van der Waals surface area contributed by atoms with Crippen LogP contribution in [0.4, 0.5) is 0 Å². The average Bonchev–Trinajstić information content (AvgIpc) is 2.69. The smallest absolute Gasteiger partial charge is 0.171 e. The second kappa shape index (κ2) is 4.23. The number of aromatic nitrogens is 3. The zero-order valence-electron chi connectivity index (χ0n) is 7.80. The molecule has 15 heavy (non-hydrogen) atoms. The monoisotopic (exact) mass is 221 g/mol. The molecule has 0 N–H and O–H groups in total. The number of hydrogen-bond donors (Lipinski definition) is 0. The van der Waals surface area contributed by atoms with E-state index in [1.165, 1.54) is 0 Å². The maximum atomic E-state index is 10.4. The molecule has 5 heteroatoms. The Balaban J connectivity index is 2.22. The highest BCUT2D eigenvalue weighted by Crippen LogP contribution is 2.15. The van der Waals surface area contributed by atoms with Crippen molar-refractivity contribution in [1.82, 2.24) is 15.0 Å². The molecule has 0 fully saturated rings. The second-order valence-electron chi connectivity index (χ2n) is 3.05. The second-order valence-corrected chi connectivity index (χ2v) is 3.46. The Morgan fingerprint density at radius 3 is 2.87 bits per heavy atom. The first-order chi connectivity index (χ1) is 7.29. The fourth-order valence-corrected chi connectivity index (χ4v) is 1.44. The molecule has 0 aliphatic rings. The van der Waals surface area contributed by atoms with Crippen molar-refractivity contribution in [3.8, 4) is 0 Å². The van der Waals surface area contributed by atoms with Crippen LogP contribution in [-0.2, 0) is 6.54 Å². The van der Waals surface area contributed by atoms with Gasteiger partial charge in [-0.2, -0.15) is 0 Å². The Morgan fingerprint density at radius 2 is 2.20 bits per heavy atom. The highest BCUT2D eigenvalue weighted by molar-refractivity contribution is 6.31. The molecule has 1 heterocycles. The first kappa shape index (κ1) is 9.86. The van der Waals surface area contributed by atoms with Crippen molar-refractivity contribution in [2.75, 3.05) is 0 Å². The average molecular weight is 222 g/mol. The van der Waals surface area contributed by atoms with Crippen molar-refractivity contribution in [3.63, 3.8) is 0 Å². The van der Waals surface area contributed by atoms with E-state index in [4.69, 9.17) is 11.6 Å². The van der Waals surface area contributed by atoms with Crippen LogP contribution in [0.15, 0.2) is 30.5 Å². The molecule has 2 rings (SSSR count).